The molecule has 2 atom stereocenters. The number of fused-ring (bicyclic) bond motifs is 1. The van der Waals surface area contributed by atoms with Crippen molar-refractivity contribution < 1.29 is 28.2 Å². The van der Waals surface area contributed by atoms with Gasteiger partial charge >= 0.3 is 13.6 Å². The fourth-order valence-corrected chi connectivity index (χ4v) is 7.47. The minimum absolute atomic E-state index is 0.0222. The molecule has 3 aromatic rings. The summed E-state index contributed by atoms with van der Waals surface area (Å²) in [6.07, 6.45) is 1.46. The topological polar surface area (TPSA) is 176 Å². The fourth-order valence-electron chi connectivity index (χ4n) is 4.79. The van der Waals surface area contributed by atoms with Crippen LogP contribution in [0.4, 0.5) is 0 Å². The number of hydrogen-bond donors (Lipinski definition) is 5. The number of nitrogens with zero attached hydrogens (tertiary/aromatic N) is 1. The van der Waals surface area contributed by atoms with Crippen LogP contribution in [0, 0.1) is 5.41 Å². The number of rotatable bonds is 11. The molecule has 3 aromatic carbocycles. The molecule has 238 valence electrons. The van der Waals surface area contributed by atoms with Crippen LogP contribution in [0.1, 0.15) is 30.1 Å². The first-order valence-electron chi connectivity index (χ1n) is 13.9. The van der Waals surface area contributed by atoms with Crippen LogP contribution in [-0.4, -0.2) is 61.0 Å². The molecule has 0 aliphatic carbocycles. The van der Waals surface area contributed by atoms with Crippen LogP contribution < -0.4 is 26.0 Å². The molecule has 2 amide bonds. The van der Waals surface area contributed by atoms with Crippen molar-refractivity contribution in [3.63, 3.8) is 0 Å². The number of ether oxygens (including phenoxy) is 1. The maximum absolute atomic E-state index is 14.4. The normalized spacial score (nSPS) is 16.5. The number of benzene rings is 3. The molecule has 15 heteroatoms. The highest BCUT2D eigenvalue weighted by atomic mass is 35.5. The minimum Gasteiger partial charge on any atom is -0.468 e. The van der Waals surface area contributed by atoms with Gasteiger partial charge in [0.15, 0.2) is 0 Å². The van der Waals surface area contributed by atoms with Crippen molar-refractivity contribution in [2.45, 2.75) is 31.8 Å². The summed E-state index contributed by atoms with van der Waals surface area (Å²) in [5.74, 6) is -1.66. The maximum atomic E-state index is 14.4. The van der Waals surface area contributed by atoms with Crippen LogP contribution in [0.15, 0.2) is 72.1 Å². The second kappa shape index (κ2) is 14.9. The van der Waals surface area contributed by atoms with E-state index in [-0.39, 0.29) is 46.1 Å². The van der Waals surface area contributed by atoms with Crippen molar-refractivity contribution in [2.75, 3.05) is 20.2 Å². The third kappa shape index (κ3) is 8.02. The number of hydrogen-bond acceptors (Lipinski definition) is 8. The molecule has 1 saturated heterocycles. The van der Waals surface area contributed by atoms with Gasteiger partial charge in [0.25, 0.3) is 11.8 Å². The summed E-state index contributed by atoms with van der Waals surface area (Å²) in [4.78, 5) is 38.0. The fraction of sp³-hybridized carbons (Fsp3) is 0.267. The average molecular weight is 676 g/mol. The number of amides is 2. The zero-order valence-electron chi connectivity index (χ0n) is 24.5. The van der Waals surface area contributed by atoms with Crippen LogP contribution in [0.2, 0.25) is 10.0 Å². The first kappa shape index (κ1) is 34.0. The van der Waals surface area contributed by atoms with E-state index in [1.165, 1.54) is 26.2 Å². The quantitative estimate of drug-likeness (QED) is 0.0841. The third-order valence-electron chi connectivity index (χ3n) is 7.18. The van der Waals surface area contributed by atoms with Crippen molar-refractivity contribution in [1.82, 2.24) is 20.4 Å². The number of halogens is 2. The Kier molecular flexibility index (Phi) is 11.2. The average Bonchev–Trinajstić information content (AvgIpc) is 3.03. The lowest BCUT2D eigenvalue weighted by molar-refractivity contribution is -0.142. The molecular formula is C30H33Cl2N6O6P. The number of carbonyl (C=O) groups is 3. The van der Waals surface area contributed by atoms with Gasteiger partial charge in [-0.1, -0.05) is 65.7 Å². The molecule has 4 rings (SSSR count). The van der Waals surface area contributed by atoms with Gasteiger partial charge in [-0.3, -0.25) is 14.4 Å². The lowest BCUT2D eigenvalue weighted by atomic mass is 10.1. The Labute approximate surface area is 270 Å². The van der Waals surface area contributed by atoms with Gasteiger partial charge in [-0.15, -0.1) is 0 Å². The van der Waals surface area contributed by atoms with Gasteiger partial charge in [-0.25, -0.2) is 14.3 Å². The Morgan fingerprint density at radius 1 is 1.04 bits per heavy atom. The molecular weight excluding hydrogens is 642 g/mol. The second-order valence-electron chi connectivity index (χ2n) is 10.2. The summed E-state index contributed by atoms with van der Waals surface area (Å²) < 4.78 is 27.0. The summed E-state index contributed by atoms with van der Waals surface area (Å²) in [7, 11) is -2.62. The highest BCUT2D eigenvalue weighted by Gasteiger charge is 2.39. The van der Waals surface area contributed by atoms with Gasteiger partial charge in [0.05, 0.1) is 28.4 Å². The van der Waals surface area contributed by atoms with Gasteiger partial charge < -0.3 is 31.0 Å². The molecule has 1 unspecified atom stereocenters. The van der Waals surface area contributed by atoms with Crippen molar-refractivity contribution in [3.05, 3.63) is 87.7 Å². The molecule has 0 bridgehead atoms. The van der Waals surface area contributed by atoms with Crippen molar-refractivity contribution in [1.29, 1.82) is 5.41 Å². The van der Waals surface area contributed by atoms with E-state index in [1.807, 2.05) is 30.3 Å². The summed E-state index contributed by atoms with van der Waals surface area (Å²) in [6.45, 7) is 2.00. The van der Waals surface area contributed by atoms with Gasteiger partial charge in [0.1, 0.15) is 17.5 Å². The van der Waals surface area contributed by atoms with E-state index in [2.05, 4.69) is 15.7 Å². The lowest BCUT2D eigenvalue weighted by Crippen LogP contribution is -2.48. The predicted molar refractivity (Wildman–Crippen MR) is 173 cm³/mol. The van der Waals surface area contributed by atoms with Crippen molar-refractivity contribution in [3.8, 4) is 5.75 Å². The van der Waals surface area contributed by atoms with Crippen LogP contribution in [0.3, 0.4) is 0 Å². The molecule has 1 aliphatic heterocycles. The first-order valence-corrected chi connectivity index (χ1v) is 16.3. The van der Waals surface area contributed by atoms with E-state index in [9.17, 15) is 18.9 Å². The molecule has 45 heavy (non-hydrogen) atoms. The zero-order chi connectivity index (χ0) is 32.7. The van der Waals surface area contributed by atoms with Crippen LogP contribution in [0.25, 0.3) is 10.8 Å². The number of methoxy groups -OCH3 is 1. The SMILES string of the molecule is COC(=O)[C@H](C)NP(=O)(Oc1cccc2ccccc12)N1CCC(NC(=O)C(N)=C(C=N)NC(=O)c2c(Cl)cccc2Cl)CC1. The highest BCUT2D eigenvalue weighted by molar-refractivity contribution is 7.54. The summed E-state index contributed by atoms with van der Waals surface area (Å²) in [6, 6.07) is 16.1. The number of carbonyl (C=O) groups excluding carboxylic acids is 3. The van der Waals surface area contributed by atoms with Crippen LogP contribution >= 0.6 is 30.9 Å². The van der Waals surface area contributed by atoms with E-state index in [0.717, 1.165) is 17.0 Å². The minimum atomic E-state index is -3.86. The monoisotopic (exact) mass is 674 g/mol. The van der Waals surface area contributed by atoms with Crippen LogP contribution in [-0.2, 0) is 18.9 Å². The molecule has 1 fully saturated rings. The Bertz CT molecular complexity index is 1670. The Balaban J connectivity index is 1.47. The number of allylic oxidation sites excluding steroid dienone is 1. The smallest absolute Gasteiger partial charge is 0.393 e. The van der Waals surface area contributed by atoms with Crippen LogP contribution in [0.5, 0.6) is 5.75 Å². The molecule has 1 heterocycles. The standard InChI is InChI=1S/C30H33Cl2N6O6P/c1-18(30(41)43-2)37-45(42,44-25-12-5-8-19-7-3-4-9-21(19)25)38-15-13-20(14-16-38)35-29(40)27(34)24(17-33)36-28(39)26-22(31)10-6-11-23(26)32/h3-12,17-18,20,33H,13-16,34H2,1-2H3,(H,35,40)(H,36,39)(H,37,42)/t18-,45?/m0/s1. The number of nitrogens with one attached hydrogen (secondary N) is 4. The van der Waals surface area contributed by atoms with E-state index < -0.39 is 31.5 Å². The van der Waals surface area contributed by atoms with Gasteiger partial charge in [0.2, 0.25) is 0 Å². The molecule has 12 nitrogen and oxygen atoms in total. The molecule has 0 radical (unpaired) electrons. The third-order valence-corrected chi connectivity index (χ3v) is 10.1. The van der Waals surface area contributed by atoms with Crippen molar-refractivity contribution >= 4 is 65.6 Å². The summed E-state index contributed by atoms with van der Waals surface area (Å²) in [5, 5.41) is 17.6. The Hall–Kier alpha value is -3.93. The van der Waals surface area contributed by atoms with E-state index in [1.54, 1.807) is 22.9 Å². The number of esters is 1. The van der Waals surface area contributed by atoms with Gasteiger partial charge in [-0.05, 0) is 43.4 Å². The summed E-state index contributed by atoms with van der Waals surface area (Å²) >= 11 is 12.2. The zero-order valence-corrected chi connectivity index (χ0v) is 26.9. The van der Waals surface area contributed by atoms with E-state index in [4.69, 9.17) is 43.6 Å². The van der Waals surface area contributed by atoms with Gasteiger partial charge in [-0.2, -0.15) is 0 Å². The van der Waals surface area contributed by atoms with Gasteiger partial charge in [0, 0.05) is 30.7 Å². The molecule has 1 aliphatic rings. The Morgan fingerprint density at radius 3 is 2.31 bits per heavy atom. The summed E-state index contributed by atoms with van der Waals surface area (Å²) in [5.41, 5.74) is 5.38. The second-order valence-corrected chi connectivity index (χ2v) is 13.0. The lowest BCUT2D eigenvalue weighted by Gasteiger charge is -2.37. The molecule has 6 N–H and O–H groups in total. The number of nitrogens with two attached hydrogens (primary N) is 1. The Morgan fingerprint density at radius 2 is 1.67 bits per heavy atom. The molecule has 0 saturated carbocycles. The molecule has 0 spiro atoms. The predicted octanol–water partition coefficient (Wildman–Crippen LogP) is 4.62. The van der Waals surface area contributed by atoms with E-state index in [0.29, 0.717) is 18.6 Å². The largest absolute Gasteiger partial charge is 0.468 e. The molecule has 0 aromatic heterocycles. The van der Waals surface area contributed by atoms with Crippen molar-refractivity contribution in [2.24, 2.45) is 5.73 Å². The van der Waals surface area contributed by atoms with E-state index >= 15 is 0 Å². The number of piperidine rings is 1. The first-order chi connectivity index (χ1) is 21.5. The highest BCUT2D eigenvalue weighted by Crippen LogP contribution is 2.50. The maximum Gasteiger partial charge on any atom is 0.393 e.